The van der Waals surface area contributed by atoms with Crippen molar-refractivity contribution >= 4 is 5.97 Å². The van der Waals surface area contributed by atoms with Crippen molar-refractivity contribution in [2.45, 2.75) is 71.4 Å². The highest BCUT2D eigenvalue weighted by Crippen LogP contribution is 2.32. The van der Waals surface area contributed by atoms with Crippen LogP contribution >= 0.6 is 0 Å². The summed E-state index contributed by atoms with van der Waals surface area (Å²) in [7, 11) is 0. The van der Waals surface area contributed by atoms with Crippen LogP contribution in [0.5, 0.6) is 0 Å². The lowest BCUT2D eigenvalue weighted by molar-refractivity contribution is -0.143. The van der Waals surface area contributed by atoms with Gasteiger partial charge < -0.3 is 5.11 Å². The molecule has 0 amide bonds. The van der Waals surface area contributed by atoms with E-state index in [0.717, 1.165) is 32.2 Å². The van der Waals surface area contributed by atoms with Crippen LogP contribution in [0, 0.1) is 5.92 Å². The van der Waals surface area contributed by atoms with E-state index in [1.54, 1.807) is 0 Å². The first-order chi connectivity index (χ1) is 8.11. The minimum atomic E-state index is -0.600. The van der Waals surface area contributed by atoms with Crippen molar-refractivity contribution in [1.82, 2.24) is 4.90 Å². The number of hydrogen-bond donors (Lipinski definition) is 1. The first-order valence-electron chi connectivity index (χ1n) is 7.10. The van der Waals surface area contributed by atoms with Crippen molar-refractivity contribution in [1.29, 1.82) is 0 Å². The Morgan fingerprint density at radius 1 is 1.41 bits per heavy atom. The van der Waals surface area contributed by atoms with Crippen LogP contribution in [0.1, 0.15) is 59.3 Å². The zero-order chi connectivity index (χ0) is 12.8. The van der Waals surface area contributed by atoms with E-state index in [-0.39, 0.29) is 12.0 Å². The SMILES string of the molecule is CCCCN(C(C)CC)C1CCCC1C(=O)O. The summed E-state index contributed by atoms with van der Waals surface area (Å²) in [5.41, 5.74) is 0. The summed E-state index contributed by atoms with van der Waals surface area (Å²) in [5.74, 6) is -0.738. The summed E-state index contributed by atoms with van der Waals surface area (Å²) in [4.78, 5) is 13.7. The van der Waals surface area contributed by atoms with Crippen molar-refractivity contribution in [3.8, 4) is 0 Å². The molecule has 0 aromatic rings. The Morgan fingerprint density at radius 2 is 2.12 bits per heavy atom. The van der Waals surface area contributed by atoms with Gasteiger partial charge in [0.25, 0.3) is 0 Å². The van der Waals surface area contributed by atoms with Crippen LogP contribution in [0.25, 0.3) is 0 Å². The van der Waals surface area contributed by atoms with Gasteiger partial charge in [0.2, 0.25) is 0 Å². The highest BCUT2D eigenvalue weighted by atomic mass is 16.4. The molecular weight excluding hydrogens is 214 g/mol. The number of aliphatic carboxylic acids is 1. The maximum Gasteiger partial charge on any atom is 0.308 e. The number of carboxylic acid groups (broad SMARTS) is 1. The third-order valence-electron chi connectivity index (χ3n) is 4.15. The van der Waals surface area contributed by atoms with Crippen LogP contribution in [0.3, 0.4) is 0 Å². The van der Waals surface area contributed by atoms with Crippen LogP contribution in [0.4, 0.5) is 0 Å². The highest BCUT2D eigenvalue weighted by molar-refractivity contribution is 5.71. The van der Waals surface area contributed by atoms with Gasteiger partial charge in [-0.25, -0.2) is 0 Å². The molecule has 100 valence electrons. The topological polar surface area (TPSA) is 40.5 Å². The number of carboxylic acids is 1. The molecule has 1 saturated carbocycles. The molecule has 17 heavy (non-hydrogen) atoms. The Kier molecular flexibility index (Phi) is 5.96. The molecule has 1 aliphatic carbocycles. The molecule has 1 aliphatic rings. The van der Waals surface area contributed by atoms with Crippen molar-refractivity contribution in [2.75, 3.05) is 6.54 Å². The summed E-state index contributed by atoms with van der Waals surface area (Å²) in [6.45, 7) is 7.67. The van der Waals surface area contributed by atoms with E-state index in [0.29, 0.717) is 6.04 Å². The normalized spacial score (nSPS) is 26.4. The summed E-state index contributed by atoms with van der Waals surface area (Å²) in [6, 6.07) is 0.778. The zero-order valence-electron chi connectivity index (χ0n) is 11.5. The minimum Gasteiger partial charge on any atom is -0.481 e. The van der Waals surface area contributed by atoms with E-state index in [9.17, 15) is 9.90 Å². The Bertz CT molecular complexity index is 242. The van der Waals surface area contributed by atoms with E-state index in [1.807, 2.05) is 0 Å². The Labute approximate surface area is 105 Å². The Balaban J connectivity index is 2.70. The van der Waals surface area contributed by atoms with Crippen LogP contribution in [-0.4, -0.2) is 34.6 Å². The fraction of sp³-hybridized carbons (Fsp3) is 0.929. The molecule has 0 aliphatic heterocycles. The number of hydrogen-bond acceptors (Lipinski definition) is 2. The van der Waals surface area contributed by atoms with Crippen molar-refractivity contribution < 1.29 is 9.90 Å². The summed E-state index contributed by atoms with van der Waals surface area (Å²) in [6.07, 6.45) is 6.45. The van der Waals surface area contributed by atoms with Gasteiger partial charge >= 0.3 is 5.97 Å². The zero-order valence-corrected chi connectivity index (χ0v) is 11.5. The van der Waals surface area contributed by atoms with Gasteiger partial charge in [0.05, 0.1) is 5.92 Å². The molecule has 3 heteroatoms. The van der Waals surface area contributed by atoms with Gasteiger partial charge in [-0.15, -0.1) is 0 Å². The van der Waals surface area contributed by atoms with Crippen molar-refractivity contribution in [2.24, 2.45) is 5.92 Å². The number of rotatable bonds is 7. The molecule has 1 rings (SSSR count). The van der Waals surface area contributed by atoms with Crippen LogP contribution < -0.4 is 0 Å². The fourth-order valence-corrected chi connectivity index (χ4v) is 2.91. The average molecular weight is 241 g/mol. The molecule has 0 aromatic heterocycles. The molecule has 0 spiro atoms. The Morgan fingerprint density at radius 3 is 2.65 bits per heavy atom. The van der Waals surface area contributed by atoms with Gasteiger partial charge in [-0.3, -0.25) is 9.69 Å². The lowest BCUT2D eigenvalue weighted by Crippen LogP contribution is -2.45. The molecule has 1 N–H and O–H groups in total. The third-order valence-corrected chi connectivity index (χ3v) is 4.15. The molecule has 0 bridgehead atoms. The fourth-order valence-electron chi connectivity index (χ4n) is 2.91. The quantitative estimate of drug-likeness (QED) is 0.744. The summed E-state index contributed by atoms with van der Waals surface area (Å²) in [5, 5.41) is 9.29. The molecule has 3 unspecified atom stereocenters. The van der Waals surface area contributed by atoms with Gasteiger partial charge in [-0.2, -0.15) is 0 Å². The van der Waals surface area contributed by atoms with Crippen LogP contribution in [0.15, 0.2) is 0 Å². The second kappa shape index (κ2) is 7.00. The molecule has 0 aromatic carbocycles. The highest BCUT2D eigenvalue weighted by Gasteiger charge is 2.37. The van der Waals surface area contributed by atoms with E-state index in [2.05, 4.69) is 25.7 Å². The second-order valence-electron chi connectivity index (χ2n) is 5.29. The van der Waals surface area contributed by atoms with Crippen molar-refractivity contribution in [3.05, 3.63) is 0 Å². The molecule has 3 atom stereocenters. The molecular formula is C14H27NO2. The smallest absolute Gasteiger partial charge is 0.308 e. The van der Waals surface area contributed by atoms with Gasteiger partial charge in [0.1, 0.15) is 0 Å². The predicted octanol–water partition coefficient (Wildman–Crippen LogP) is 3.14. The molecule has 0 saturated heterocycles. The second-order valence-corrected chi connectivity index (χ2v) is 5.29. The van der Waals surface area contributed by atoms with Gasteiger partial charge in [0, 0.05) is 12.1 Å². The molecule has 0 radical (unpaired) electrons. The number of carbonyl (C=O) groups is 1. The van der Waals surface area contributed by atoms with Crippen LogP contribution in [0.2, 0.25) is 0 Å². The lowest BCUT2D eigenvalue weighted by Gasteiger charge is -2.36. The van der Waals surface area contributed by atoms with Crippen molar-refractivity contribution in [3.63, 3.8) is 0 Å². The van der Waals surface area contributed by atoms with Gasteiger partial charge in [-0.05, 0) is 39.2 Å². The van der Waals surface area contributed by atoms with Gasteiger partial charge in [-0.1, -0.05) is 26.7 Å². The summed E-state index contributed by atoms with van der Waals surface area (Å²) < 4.78 is 0. The standard InChI is InChI=1S/C14H27NO2/c1-4-6-10-15(11(3)5-2)13-9-7-8-12(13)14(16)17/h11-13H,4-10H2,1-3H3,(H,16,17). The molecule has 3 nitrogen and oxygen atoms in total. The maximum atomic E-state index is 11.3. The van der Waals surface area contributed by atoms with E-state index >= 15 is 0 Å². The third kappa shape index (κ3) is 3.70. The largest absolute Gasteiger partial charge is 0.481 e. The first-order valence-corrected chi connectivity index (χ1v) is 7.10. The Hall–Kier alpha value is -0.570. The van der Waals surface area contributed by atoms with E-state index in [4.69, 9.17) is 0 Å². The first kappa shape index (κ1) is 14.5. The van der Waals surface area contributed by atoms with Gasteiger partial charge in [0.15, 0.2) is 0 Å². The predicted molar refractivity (Wildman–Crippen MR) is 70.1 cm³/mol. The monoisotopic (exact) mass is 241 g/mol. The summed E-state index contributed by atoms with van der Waals surface area (Å²) >= 11 is 0. The van der Waals surface area contributed by atoms with Crippen LogP contribution in [-0.2, 0) is 4.79 Å². The molecule has 0 heterocycles. The van der Waals surface area contributed by atoms with E-state index < -0.39 is 5.97 Å². The maximum absolute atomic E-state index is 11.3. The number of nitrogens with zero attached hydrogens (tertiary/aromatic N) is 1. The van der Waals surface area contributed by atoms with E-state index in [1.165, 1.54) is 12.8 Å². The average Bonchev–Trinajstić information content (AvgIpc) is 2.78. The minimum absolute atomic E-state index is 0.138. The molecule has 1 fully saturated rings. The number of unbranched alkanes of at least 4 members (excludes halogenated alkanes) is 1. The lowest BCUT2D eigenvalue weighted by atomic mass is 9.99.